The fourth-order valence-corrected chi connectivity index (χ4v) is 6.88. The number of Topliss-reactive ketones (excluding diaryl/α,β-unsaturated/α-hetero) is 1. The number of alkyl carbamates (subject to hydrolysis) is 1. The van der Waals surface area contributed by atoms with E-state index in [1.807, 2.05) is 39.0 Å². The topological polar surface area (TPSA) is 311 Å². The number of hydrogen-bond donors (Lipinski definition) is 6. The van der Waals surface area contributed by atoms with Gasteiger partial charge in [0, 0.05) is 20.2 Å². The molecule has 444 valence electrons. The summed E-state index contributed by atoms with van der Waals surface area (Å²) in [5, 5.41) is 18.7. The first kappa shape index (κ1) is 72.7. The number of aromatic nitrogens is 2. The predicted octanol–water partition coefficient (Wildman–Crippen LogP) is 8.51. The van der Waals surface area contributed by atoms with Gasteiger partial charge in [-0.25, -0.2) is 24.4 Å². The van der Waals surface area contributed by atoms with Gasteiger partial charge in [0.1, 0.15) is 58.5 Å². The summed E-state index contributed by atoms with van der Waals surface area (Å²) in [6.07, 6.45) is 13.0. The molecule has 2 rings (SSSR count). The van der Waals surface area contributed by atoms with Crippen molar-refractivity contribution in [3.8, 4) is 0 Å². The fraction of sp³-hybridized carbons (Fsp3) is 0.534. The molecule has 0 saturated carbocycles. The first-order valence-electron chi connectivity index (χ1n) is 27.1. The fourth-order valence-electron chi connectivity index (χ4n) is 6.17. The summed E-state index contributed by atoms with van der Waals surface area (Å²) in [5.74, 6) is -4.66. The third kappa shape index (κ3) is 33.2. The number of carboxylic acids is 1. The van der Waals surface area contributed by atoms with E-state index in [0.717, 1.165) is 43.8 Å². The van der Waals surface area contributed by atoms with E-state index in [2.05, 4.69) is 57.8 Å². The molecule has 0 fully saturated rings. The van der Waals surface area contributed by atoms with Gasteiger partial charge in [0.25, 0.3) is 17.7 Å². The van der Waals surface area contributed by atoms with Gasteiger partial charge >= 0.3 is 30.0 Å². The second-order valence-corrected chi connectivity index (χ2v) is 26.0. The van der Waals surface area contributed by atoms with Crippen molar-refractivity contribution in [1.29, 1.82) is 0 Å². The third-order valence-electron chi connectivity index (χ3n) is 10.7. The zero-order valence-electron chi connectivity index (χ0n) is 49.4. The van der Waals surface area contributed by atoms with E-state index in [9.17, 15) is 43.2 Å². The number of nitrogens with one attached hydrogen (secondary N) is 4. The number of nitrogens with zero attached hydrogens (tertiary/aromatic N) is 2. The minimum Gasteiger partial charge on any atom is -0.477 e. The number of allylic oxidation sites excluding steroid dienone is 4. The number of esters is 3. The maximum atomic E-state index is 12.9. The molecular weight excluding hydrogens is 1050 g/mol. The molecule has 0 aliphatic rings. The molecule has 0 radical (unpaired) electrons. The van der Waals surface area contributed by atoms with Crippen LogP contribution in [0.15, 0.2) is 84.2 Å². The van der Waals surface area contributed by atoms with Crippen LogP contribution in [0.25, 0.3) is 0 Å². The number of aliphatic carboxylic acids is 1. The number of amides is 4. The Labute approximate surface area is 473 Å². The molecule has 0 aliphatic heterocycles. The van der Waals surface area contributed by atoms with Gasteiger partial charge in [-0.2, -0.15) is 0 Å². The molecule has 2 aromatic heterocycles. The number of nitrogens with two attached hydrogens (primary N) is 1. The standard InChI is InChI=1S/C29H42N4O7.C17H33NO4Si.C12H14N2O3/c1-8-11-12-15-21(17-19(4)34)39-27(37)23(10-3)33-25(35)22(9-2)32-26(36)24-16-13-14-20(31-24)18-30-28(38)40-29(5,6)7;1-6-8-9-10-14(22-17(20)15(18)7-2)13-16(19)21-11-12-23(3,4)5;1-3-8-6-5-7-10(13-8)11(15)14-9(4-2)12(16)17/h9,12-16,21,23H,8,10-11,17-18H2,1-7H3,(H,30,38)(H,32,36)(H,33,35);9-10,14-15H,6-8,11-13,18H2,1-5H3;4-7H,3H2,1-2H3,(H,14,15)(H,16,17)/b15-12+,22-9-;10-9+;9-4+/t21-,23+;14-,15+;/m11./s1. The second kappa shape index (κ2) is 39.1. The minimum atomic E-state index is -1.23. The Morgan fingerprint density at radius 2 is 1.24 bits per heavy atom. The maximum Gasteiger partial charge on any atom is 0.407 e. The van der Waals surface area contributed by atoms with Gasteiger partial charge in [-0.1, -0.05) is 104 Å². The summed E-state index contributed by atoms with van der Waals surface area (Å²) in [4.78, 5) is 116. The summed E-state index contributed by atoms with van der Waals surface area (Å²) >= 11 is 0. The number of unbranched alkanes of at least 4 members (excludes halogenated alkanes) is 2. The Morgan fingerprint density at radius 3 is 1.70 bits per heavy atom. The lowest BCUT2D eigenvalue weighted by Crippen LogP contribution is -2.45. The van der Waals surface area contributed by atoms with E-state index in [1.54, 1.807) is 78.0 Å². The number of ketones is 1. The van der Waals surface area contributed by atoms with Crippen molar-refractivity contribution in [2.24, 2.45) is 5.73 Å². The van der Waals surface area contributed by atoms with Gasteiger partial charge in [0.05, 0.1) is 25.3 Å². The van der Waals surface area contributed by atoms with E-state index in [-0.39, 0.29) is 60.3 Å². The Hall–Kier alpha value is -7.33. The van der Waals surface area contributed by atoms with Crippen LogP contribution in [0.2, 0.25) is 25.7 Å². The highest BCUT2D eigenvalue weighted by Crippen LogP contribution is 2.13. The van der Waals surface area contributed by atoms with Crippen molar-refractivity contribution in [2.45, 2.75) is 196 Å². The molecule has 0 bridgehead atoms. The summed E-state index contributed by atoms with van der Waals surface area (Å²) in [6.45, 7) is 26.4. The molecule has 2 heterocycles. The Kier molecular flexibility index (Phi) is 35.5. The smallest absolute Gasteiger partial charge is 0.407 e. The van der Waals surface area contributed by atoms with E-state index in [4.69, 9.17) is 29.8 Å². The van der Waals surface area contributed by atoms with Crippen molar-refractivity contribution < 1.29 is 67.2 Å². The molecule has 7 N–H and O–H groups in total. The van der Waals surface area contributed by atoms with Crippen LogP contribution < -0.4 is 27.0 Å². The Morgan fingerprint density at radius 1 is 0.725 bits per heavy atom. The average Bonchev–Trinajstić information content (AvgIpc) is 3.39. The van der Waals surface area contributed by atoms with E-state index in [1.165, 1.54) is 25.1 Å². The number of rotatable bonds is 29. The molecule has 22 heteroatoms. The van der Waals surface area contributed by atoms with Crippen molar-refractivity contribution in [3.05, 3.63) is 107 Å². The molecule has 2 aromatic rings. The van der Waals surface area contributed by atoms with Gasteiger partial charge in [-0.3, -0.25) is 28.8 Å². The van der Waals surface area contributed by atoms with Crippen LogP contribution >= 0.6 is 0 Å². The lowest BCUT2D eigenvalue weighted by molar-refractivity contribution is -0.154. The van der Waals surface area contributed by atoms with Crippen LogP contribution in [-0.4, -0.2) is 113 Å². The lowest BCUT2D eigenvalue weighted by Gasteiger charge is -2.20. The van der Waals surface area contributed by atoms with E-state index >= 15 is 0 Å². The van der Waals surface area contributed by atoms with E-state index in [0.29, 0.717) is 18.7 Å². The number of aryl methyl sites for hydroxylation is 1. The van der Waals surface area contributed by atoms with Crippen LogP contribution in [-0.2, 0) is 60.7 Å². The van der Waals surface area contributed by atoms with Gasteiger partial charge in [-0.15, -0.1) is 0 Å². The highest BCUT2D eigenvalue weighted by atomic mass is 28.3. The second-order valence-electron chi connectivity index (χ2n) is 20.3. The highest BCUT2D eigenvalue weighted by molar-refractivity contribution is 6.76. The summed E-state index contributed by atoms with van der Waals surface area (Å²) in [7, 11) is -1.23. The van der Waals surface area contributed by atoms with E-state index < -0.39 is 79.7 Å². The Bertz CT molecular complexity index is 2460. The van der Waals surface area contributed by atoms with Crippen molar-refractivity contribution in [3.63, 3.8) is 0 Å². The maximum absolute atomic E-state index is 12.9. The molecule has 0 unspecified atom stereocenters. The molecule has 4 atom stereocenters. The van der Waals surface area contributed by atoms with Crippen molar-refractivity contribution in [2.75, 3.05) is 6.61 Å². The summed E-state index contributed by atoms with van der Waals surface area (Å²) in [5.41, 5.74) is 6.21. The normalized spacial score (nSPS) is 13.1. The summed E-state index contributed by atoms with van der Waals surface area (Å²) in [6, 6.07) is 9.05. The quantitative estimate of drug-likeness (QED) is 0.0146. The van der Waals surface area contributed by atoms with Crippen LogP contribution in [0, 0.1) is 0 Å². The van der Waals surface area contributed by atoms with Crippen LogP contribution in [0.5, 0.6) is 0 Å². The minimum absolute atomic E-state index is 0.0213. The van der Waals surface area contributed by atoms with Gasteiger partial charge in [0.15, 0.2) is 0 Å². The predicted molar refractivity (Wildman–Crippen MR) is 308 cm³/mol. The molecule has 80 heavy (non-hydrogen) atoms. The largest absolute Gasteiger partial charge is 0.477 e. The SMILES string of the molecule is C/C=C(/NC(=O)c1cccc(CC)n1)C(=O)O.C/C=C(\NC(=O)c1cccc(CNC(=O)OC(C)(C)C)n1)C(=O)N[C@@H](CC)C(=O)O[C@H](/C=C/CCC)CC(C)=O.CCC/C=C/[C@H](CC(=O)OCC[Si](C)(C)C)OC(=O)[C@@H](N)CC. The zero-order valence-corrected chi connectivity index (χ0v) is 50.4. The number of pyridine rings is 2. The number of ether oxygens (including phenoxy) is 4. The monoisotopic (exact) mass is 1140 g/mol. The number of carbonyl (C=O) groups is 9. The number of carboxylic acid groups (broad SMARTS) is 1. The first-order valence-corrected chi connectivity index (χ1v) is 30.8. The van der Waals surface area contributed by atoms with Crippen LogP contribution in [0.4, 0.5) is 4.79 Å². The third-order valence-corrected chi connectivity index (χ3v) is 12.4. The van der Waals surface area contributed by atoms with Crippen LogP contribution in [0.3, 0.4) is 0 Å². The Balaban J connectivity index is 0.00000131. The zero-order chi connectivity index (χ0) is 61.0. The van der Waals surface area contributed by atoms with Gasteiger partial charge in [-0.05, 0) is 116 Å². The molecule has 0 saturated heterocycles. The van der Waals surface area contributed by atoms with Gasteiger partial charge in [0.2, 0.25) is 0 Å². The highest BCUT2D eigenvalue weighted by Gasteiger charge is 2.27. The molecule has 0 aliphatic carbocycles. The van der Waals surface area contributed by atoms with Crippen molar-refractivity contribution in [1.82, 2.24) is 31.2 Å². The van der Waals surface area contributed by atoms with Crippen molar-refractivity contribution >= 4 is 61.5 Å². The first-order chi connectivity index (χ1) is 37.6. The molecule has 0 spiro atoms. The molecule has 0 aromatic carbocycles. The molecule has 21 nitrogen and oxygen atoms in total. The summed E-state index contributed by atoms with van der Waals surface area (Å²) < 4.78 is 21.3. The molecule has 4 amide bonds. The average molecular weight is 1140 g/mol. The number of hydrogen-bond acceptors (Lipinski definition) is 16. The van der Waals surface area contributed by atoms with Crippen LogP contribution in [0.1, 0.15) is 160 Å². The lowest BCUT2D eigenvalue weighted by atomic mass is 10.1. The molecular formula is C58H89N7O14Si. The number of carbonyl (C=O) groups excluding carboxylic acids is 8. The van der Waals surface area contributed by atoms with Gasteiger partial charge < -0.3 is 51.1 Å².